The number of nitrogens with one attached hydrogen (secondary N) is 1. The summed E-state index contributed by atoms with van der Waals surface area (Å²) in [6, 6.07) is 0.576. The predicted octanol–water partition coefficient (Wildman–Crippen LogP) is 2.95. The fourth-order valence-corrected chi connectivity index (χ4v) is 4.97. The Morgan fingerprint density at radius 2 is 2.28 bits per heavy atom. The molecule has 2 fully saturated rings. The van der Waals surface area contributed by atoms with Crippen LogP contribution in [0, 0.1) is 11.8 Å². The second kappa shape index (κ2) is 4.55. The molecule has 0 aromatic heterocycles. The maximum Gasteiger partial charge on any atom is 0.264 e. The Kier molecular flexibility index (Phi) is 3.16. The van der Waals surface area contributed by atoms with Crippen LogP contribution < -0.4 is 5.32 Å². The first-order valence-corrected chi connectivity index (χ1v) is 8.01. The molecule has 3 nitrogen and oxygen atoms in total. The molecule has 0 unspecified atom stereocenters. The molecule has 18 heavy (non-hydrogen) atoms. The molecule has 0 aromatic carbocycles. The number of nitrogens with zero attached hydrogens (tertiary/aromatic N) is 1. The minimum atomic E-state index is -0.311. The van der Waals surface area contributed by atoms with Crippen molar-refractivity contribution < 1.29 is 4.79 Å². The van der Waals surface area contributed by atoms with Crippen molar-refractivity contribution in [2.24, 2.45) is 16.8 Å². The maximum atomic E-state index is 12.0. The Bertz CT molecular complexity index is 395. The van der Waals surface area contributed by atoms with Gasteiger partial charge in [0, 0.05) is 6.04 Å². The summed E-state index contributed by atoms with van der Waals surface area (Å²) < 4.78 is -0.311. The molecule has 3 aliphatic rings. The van der Waals surface area contributed by atoms with Crippen LogP contribution in [0.2, 0.25) is 0 Å². The lowest BCUT2D eigenvalue weighted by molar-refractivity contribution is -0.119. The number of amides is 1. The lowest BCUT2D eigenvalue weighted by Crippen LogP contribution is -2.37. The van der Waals surface area contributed by atoms with Crippen LogP contribution >= 0.6 is 11.8 Å². The van der Waals surface area contributed by atoms with E-state index in [0.717, 1.165) is 29.8 Å². The Morgan fingerprint density at radius 1 is 1.44 bits per heavy atom. The van der Waals surface area contributed by atoms with E-state index in [2.05, 4.69) is 17.2 Å². The van der Waals surface area contributed by atoms with E-state index in [1.807, 2.05) is 6.92 Å². The Balaban J connectivity index is 1.62. The standard InChI is InChI=1S/C14H22N2OS/c1-3-6-14(2)12(17)16-13(18-14)15-11-8-9-4-5-10(11)7-9/h9-11H,3-8H2,1-2H3,(H,15,16,17)/t9-,10+,11+,14-/m1/s1. The molecule has 4 atom stereocenters. The van der Waals surface area contributed by atoms with E-state index < -0.39 is 0 Å². The van der Waals surface area contributed by atoms with Gasteiger partial charge >= 0.3 is 0 Å². The average molecular weight is 266 g/mol. The van der Waals surface area contributed by atoms with Gasteiger partial charge in [0.05, 0.1) is 0 Å². The topological polar surface area (TPSA) is 41.5 Å². The van der Waals surface area contributed by atoms with E-state index in [9.17, 15) is 4.79 Å². The van der Waals surface area contributed by atoms with Gasteiger partial charge in [0.2, 0.25) is 0 Å². The number of carbonyl (C=O) groups excluding carboxylic acids is 1. The Hall–Kier alpha value is -0.510. The van der Waals surface area contributed by atoms with Crippen LogP contribution in [0.25, 0.3) is 0 Å². The molecule has 3 rings (SSSR count). The van der Waals surface area contributed by atoms with Gasteiger partial charge in [0.25, 0.3) is 5.91 Å². The van der Waals surface area contributed by atoms with Crippen molar-refractivity contribution in [3.8, 4) is 0 Å². The van der Waals surface area contributed by atoms with Gasteiger partial charge in [-0.1, -0.05) is 31.5 Å². The van der Waals surface area contributed by atoms with E-state index in [-0.39, 0.29) is 10.7 Å². The number of hydrogen-bond acceptors (Lipinski definition) is 3. The van der Waals surface area contributed by atoms with Crippen molar-refractivity contribution in [2.75, 3.05) is 0 Å². The summed E-state index contributed by atoms with van der Waals surface area (Å²) in [4.78, 5) is 16.2. The van der Waals surface area contributed by atoms with Gasteiger partial charge < -0.3 is 5.32 Å². The van der Waals surface area contributed by atoms with Crippen LogP contribution in [-0.2, 0) is 4.79 Å². The lowest BCUT2D eigenvalue weighted by atomic mass is 9.96. The molecule has 4 heteroatoms. The molecule has 2 aliphatic carbocycles. The zero-order valence-electron chi connectivity index (χ0n) is 11.2. The first-order chi connectivity index (χ1) is 8.60. The number of fused-ring (bicyclic) bond motifs is 2. The van der Waals surface area contributed by atoms with Gasteiger partial charge in [-0.05, 0) is 44.4 Å². The van der Waals surface area contributed by atoms with Crippen LogP contribution in [0.3, 0.4) is 0 Å². The van der Waals surface area contributed by atoms with Gasteiger partial charge in [0.15, 0.2) is 5.17 Å². The first-order valence-electron chi connectivity index (χ1n) is 7.19. The Labute approximate surface area is 113 Å². The van der Waals surface area contributed by atoms with Crippen molar-refractivity contribution in [1.82, 2.24) is 5.32 Å². The first kappa shape index (κ1) is 12.5. The number of amidine groups is 1. The van der Waals surface area contributed by atoms with Crippen LogP contribution in [0.4, 0.5) is 0 Å². The van der Waals surface area contributed by atoms with Crippen LogP contribution in [-0.4, -0.2) is 21.9 Å². The van der Waals surface area contributed by atoms with Gasteiger partial charge in [-0.25, -0.2) is 0 Å². The number of hydrogen-bond donors (Lipinski definition) is 1. The van der Waals surface area contributed by atoms with Crippen molar-refractivity contribution >= 4 is 22.8 Å². The molecule has 1 aliphatic heterocycles. The zero-order chi connectivity index (χ0) is 12.8. The molecule has 0 saturated heterocycles. The highest BCUT2D eigenvalue weighted by atomic mass is 32.2. The van der Waals surface area contributed by atoms with E-state index in [0.29, 0.717) is 6.04 Å². The molecule has 2 bridgehead atoms. The molecule has 1 amide bonds. The second-order valence-corrected chi connectivity index (χ2v) is 7.72. The molecule has 1 heterocycles. The SMILES string of the molecule is CCC[C@@]1(C)SC(N[C@H]2C[C@@H]3CC[C@H]2C3)=NC1=O. The smallest absolute Gasteiger partial charge is 0.264 e. The molecule has 2 saturated carbocycles. The van der Waals surface area contributed by atoms with Gasteiger partial charge in [0.1, 0.15) is 4.75 Å². The molecule has 0 spiro atoms. The number of rotatable bonds is 3. The van der Waals surface area contributed by atoms with Crippen LogP contribution in [0.1, 0.15) is 52.4 Å². The summed E-state index contributed by atoms with van der Waals surface area (Å²) in [5.74, 6) is 1.81. The summed E-state index contributed by atoms with van der Waals surface area (Å²) in [6.45, 7) is 4.16. The van der Waals surface area contributed by atoms with Gasteiger partial charge in [-0.3, -0.25) is 4.79 Å². The zero-order valence-corrected chi connectivity index (χ0v) is 12.1. The molecular formula is C14H22N2OS. The normalized spacial score (nSPS) is 42.4. The third-order valence-electron chi connectivity index (χ3n) is 4.75. The van der Waals surface area contributed by atoms with Gasteiger partial charge in [-0.2, -0.15) is 4.99 Å². The summed E-state index contributed by atoms with van der Waals surface area (Å²) >= 11 is 1.65. The summed E-state index contributed by atoms with van der Waals surface area (Å²) in [5.41, 5.74) is 0. The van der Waals surface area contributed by atoms with Crippen molar-refractivity contribution in [3.05, 3.63) is 0 Å². The largest absolute Gasteiger partial charge is 0.361 e. The van der Waals surface area contributed by atoms with E-state index >= 15 is 0 Å². The number of thioether (sulfide) groups is 1. The third kappa shape index (κ3) is 2.09. The van der Waals surface area contributed by atoms with Crippen LogP contribution in [0.5, 0.6) is 0 Å². The highest BCUT2D eigenvalue weighted by molar-refractivity contribution is 8.16. The van der Waals surface area contributed by atoms with Crippen molar-refractivity contribution in [1.29, 1.82) is 0 Å². The highest BCUT2D eigenvalue weighted by Crippen LogP contribution is 2.45. The molecule has 0 aromatic rings. The molecule has 0 radical (unpaired) electrons. The summed E-state index contributed by atoms with van der Waals surface area (Å²) in [6.07, 6.45) is 7.39. The minimum Gasteiger partial charge on any atom is -0.361 e. The highest BCUT2D eigenvalue weighted by Gasteiger charge is 2.44. The van der Waals surface area contributed by atoms with Crippen LogP contribution in [0.15, 0.2) is 4.99 Å². The quantitative estimate of drug-likeness (QED) is 0.854. The minimum absolute atomic E-state index is 0.0556. The summed E-state index contributed by atoms with van der Waals surface area (Å²) in [5, 5.41) is 4.43. The fraction of sp³-hybridized carbons (Fsp3) is 0.857. The number of aliphatic imine (C=N–C) groups is 1. The predicted molar refractivity (Wildman–Crippen MR) is 75.7 cm³/mol. The Morgan fingerprint density at radius 3 is 2.89 bits per heavy atom. The van der Waals surface area contributed by atoms with Gasteiger partial charge in [-0.15, -0.1) is 0 Å². The van der Waals surface area contributed by atoms with Crippen molar-refractivity contribution in [3.63, 3.8) is 0 Å². The number of carbonyl (C=O) groups is 1. The third-order valence-corrected chi connectivity index (χ3v) is 5.98. The maximum absolute atomic E-state index is 12.0. The molecular weight excluding hydrogens is 244 g/mol. The monoisotopic (exact) mass is 266 g/mol. The van der Waals surface area contributed by atoms with Crippen molar-refractivity contribution in [2.45, 2.75) is 63.2 Å². The molecule has 100 valence electrons. The lowest BCUT2D eigenvalue weighted by Gasteiger charge is -2.24. The fourth-order valence-electron chi connectivity index (χ4n) is 3.77. The second-order valence-electron chi connectivity index (χ2n) is 6.23. The average Bonchev–Trinajstić information content (AvgIpc) is 2.96. The summed E-state index contributed by atoms with van der Waals surface area (Å²) in [7, 11) is 0. The van der Waals surface area contributed by atoms with E-state index in [4.69, 9.17) is 0 Å². The molecule has 1 N–H and O–H groups in total. The van der Waals surface area contributed by atoms with E-state index in [1.165, 1.54) is 25.7 Å². The van der Waals surface area contributed by atoms with E-state index in [1.54, 1.807) is 11.8 Å².